The number of carbonyl (C=O) groups is 3. The Kier molecular flexibility index (Phi) is 3.49. The SMILES string of the molecule is CC(=O)c1cc(NC(=O)[C@@H]2[C@H](C(=O)O)C2(C)C)ccc1O. The molecule has 0 saturated heterocycles. The summed E-state index contributed by atoms with van der Waals surface area (Å²) < 4.78 is 0. The first-order valence-corrected chi connectivity index (χ1v) is 6.54. The van der Waals surface area contributed by atoms with E-state index in [4.69, 9.17) is 5.11 Å². The predicted molar refractivity (Wildman–Crippen MR) is 75.1 cm³/mol. The largest absolute Gasteiger partial charge is 0.507 e. The van der Waals surface area contributed by atoms with E-state index >= 15 is 0 Å². The second kappa shape index (κ2) is 4.87. The van der Waals surface area contributed by atoms with Crippen molar-refractivity contribution < 1.29 is 24.6 Å². The normalized spacial score (nSPS) is 22.4. The number of anilines is 1. The van der Waals surface area contributed by atoms with Gasteiger partial charge in [0.1, 0.15) is 5.75 Å². The minimum atomic E-state index is -0.990. The van der Waals surface area contributed by atoms with E-state index in [9.17, 15) is 19.5 Å². The summed E-state index contributed by atoms with van der Waals surface area (Å²) in [6.07, 6.45) is 0. The zero-order valence-corrected chi connectivity index (χ0v) is 12.0. The molecule has 3 N–H and O–H groups in total. The first kappa shape index (κ1) is 15.0. The number of phenols is 1. The molecule has 21 heavy (non-hydrogen) atoms. The van der Waals surface area contributed by atoms with Gasteiger partial charge in [-0.05, 0) is 30.5 Å². The number of Topliss-reactive ketones (excluding diaryl/α,β-unsaturated/α-hetero) is 1. The van der Waals surface area contributed by atoms with E-state index in [0.717, 1.165) is 0 Å². The Morgan fingerprint density at radius 3 is 2.29 bits per heavy atom. The number of carboxylic acids is 1. The molecule has 0 aliphatic heterocycles. The zero-order chi connectivity index (χ0) is 15.9. The Morgan fingerprint density at radius 2 is 1.81 bits per heavy atom. The number of aliphatic carboxylic acids is 1. The van der Waals surface area contributed by atoms with Crippen LogP contribution >= 0.6 is 0 Å². The molecule has 1 aromatic rings. The molecule has 1 aromatic carbocycles. The molecule has 0 heterocycles. The molecule has 0 aromatic heterocycles. The maximum atomic E-state index is 12.1. The molecule has 0 unspecified atom stereocenters. The van der Waals surface area contributed by atoms with Crippen molar-refractivity contribution in [1.82, 2.24) is 0 Å². The molecule has 0 bridgehead atoms. The van der Waals surface area contributed by atoms with E-state index < -0.39 is 29.1 Å². The highest BCUT2D eigenvalue weighted by Crippen LogP contribution is 2.58. The minimum absolute atomic E-state index is 0.109. The van der Waals surface area contributed by atoms with Crippen molar-refractivity contribution in [1.29, 1.82) is 0 Å². The number of rotatable bonds is 4. The molecule has 0 spiro atoms. The van der Waals surface area contributed by atoms with Gasteiger partial charge in [-0.3, -0.25) is 14.4 Å². The Bertz CT molecular complexity index is 635. The lowest BCUT2D eigenvalue weighted by atomic mass is 10.1. The van der Waals surface area contributed by atoms with Crippen LogP contribution in [0.2, 0.25) is 0 Å². The highest BCUT2D eigenvalue weighted by atomic mass is 16.4. The van der Waals surface area contributed by atoms with Crippen LogP contribution in [0.15, 0.2) is 18.2 Å². The molecule has 2 atom stereocenters. The first-order chi connectivity index (χ1) is 9.66. The molecule has 112 valence electrons. The lowest BCUT2D eigenvalue weighted by molar-refractivity contribution is -0.140. The van der Waals surface area contributed by atoms with Gasteiger partial charge in [0.25, 0.3) is 0 Å². The molecule has 0 radical (unpaired) electrons. The van der Waals surface area contributed by atoms with Crippen LogP contribution in [0.4, 0.5) is 5.69 Å². The van der Waals surface area contributed by atoms with Gasteiger partial charge < -0.3 is 15.5 Å². The van der Waals surface area contributed by atoms with Gasteiger partial charge in [-0.2, -0.15) is 0 Å². The minimum Gasteiger partial charge on any atom is -0.507 e. The van der Waals surface area contributed by atoms with Crippen LogP contribution in [0.3, 0.4) is 0 Å². The second-order valence-corrected chi connectivity index (χ2v) is 5.89. The number of benzene rings is 1. The van der Waals surface area contributed by atoms with Crippen molar-refractivity contribution in [3.63, 3.8) is 0 Å². The number of aromatic hydroxyl groups is 1. The third-order valence-electron chi connectivity index (χ3n) is 4.02. The van der Waals surface area contributed by atoms with Crippen molar-refractivity contribution in [2.24, 2.45) is 17.3 Å². The number of ketones is 1. The predicted octanol–water partition coefficient (Wildman–Crippen LogP) is 1.89. The highest BCUT2D eigenvalue weighted by molar-refractivity contribution is 6.02. The monoisotopic (exact) mass is 291 g/mol. The van der Waals surface area contributed by atoms with Gasteiger partial charge in [-0.25, -0.2) is 0 Å². The van der Waals surface area contributed by atoms with Crippen LogP contribution < -0.4 is 5.32 Å². The van der Waals surface area contributed by atoms with Crippen LogP contribution in [0, 0.1) is 17.3 Å². The summed E-state index contributed by atoms with van der Waals surface area (Å²) in [4.78, 5) is 34.6. The van der Waals surface area contributed by atoms with Crippen LogP contribution in [0.1, 0.15) is 31.1 Å². The Labute approximate surface area is 121 Å². The van der Waals surface area contributed by atoms with E-state index in [-0.39, 0.29) is 17.1 Å². The molecule has 1 aliphatic rings. The average molecular weight is 291 g/mol. The van der Waals surface area contributed by atoms with Crippen LogP contribution in [0.5, 0.6) is 5.75 Å². The molecule has 1 fully saturated rings. The van der Waals surface area contributed by atoms with Gasteiger partial charge in [0, 0.05) is 5.69 Å². The zero-order valence-electron chi connectivity index (χ0n) is 12.0. The quantitative estimate of drug-likeness (QED) is 0.580. The lowest BCUT2D eigenvalue weighted by Crippen LogP contribution is -2.18. The number of nitrogens with one attached hydrogen (secondary N) is 1. The first-order valence-electron chi connectivity index (χ1n) is 6.54. The van der Waals surface area contributed by atoms with E-state index in [1.807, 2.05) is 0 Å². The standard InChI is InChI=1S/C15H17NO5/c1-7(17)9-6-8(4-5-10(9)18)16-13(19)11-12(14(20)21)15(11,2)3/h4-6,11-12,18H,1-3H3,(H,16,19)(H,20,21)/t11-,12+/m0/s1. The van der Waals surface area contributed by atoms with Gasteiger partial charge in [-0.1, -0.05) is 13.8 Å². The molecular weight excluding hydrogens is 274 g/mol. The maximum Gasteiger partial charge on any atom is 0.307 e. The van der Waals surface area contributed by atoms with Crippen LogP contribution in [-0.2, 0) is 9.59 Å². The van der Waals surface area contributed by atoms with Crippen LogP contribution in [0.25, 0.3) is 0 Å². The summed E-state index contributed by atoms with van der Waals surface area (Å²) in [5.41, 5.74) is -0.122. The third-order valence-corrected chi connectivity index (χ3v) is 4.02. The van der Waals surface area contributed by atoms with Gasteiger partial charge in [0.15, 0.2) is 5.78 Å². The van der Waals surface area contributed by atoms with Gasteiger partial charge in [0.05, 0.1) is 17.4 Å². The van der Waals surface area contributed by atoms with E-state index in [2.05, 4.69) is 5.32 Å². The van der Waals surface area contributed by atoms with E-state index in [1.54, 1.807) is 13.8 Å². The Balaban J connectivity index is 2.17. The summed E-state index contributed by atoms with van der Waals surface area (Å²) in [6, 6.07) is 4.16. The third kappa shape index (κ3) is 2.61. The summed E-state index contributed by atoms with van der Waals surface area (Å²) in [6.45, 7) is 4.77. The smallest absolute Gasteiger partial charge is 0.307 e. The Morgan fingerprint density at radius 1 is 1.19 bits per heavy atom. The number of amides is 1. The number of hydrogen-bond acceptors (Lipinski definition) is 4. The van der Waals surface area contributed by atoms with Gasteiger partial charge >= 0.3 is 5.97 Å². The molecule has 2 rings (SSSR count). The summed E-state index contributed by atoms with van der Waals surface area (Å²) >= 11 is 0. The Hall–Kier alpha value is -2.37. The van der Waals surface area contributed by atoms with E-state index in [1.165, 1.54) is 25.1 Å². The number of hydrogen-bond donors (Lipinski definition) is 3. The molecular formula is C15H17NO5. The maximum absolute atomic E-state index is 12.1. The van der Waals surface area contributed by atoms with Gasteiger partial charge in [-0.15, -0.1) is 0 Å². The summed E-state index contributed by atoms with van der Waals surface area (Å²) in [7, 11) is 0. The fourth-order valence-electron chi connectivity index (χ4n) is 2.70. The number of carboxylic acid groups (broad SMARTS) is 1. The molecule has 6 heteroatoms. The van der Waals surface area contributed by atoms with Crippen molar-refractivity contribution in [2.75, 3.05) is 5.32 Å². The molecule has 6 nitrogen and oxygen atoms in total. The molecule has 1 amide bonds. The van der Waals surface area contributed by atoms with E-state index in [0.29, 0.717) is 5.69 Å². The fraction of sp³-hybridized carbons (Fsp3) is 0.400. The van der Waals surface area contributed by atoms with Crippen molar-refractivity contribution in [3.8, 4) is 5.75 Å². The topological polar surface area (TPSA) is 104 Å². The van der Waals surface area contributed by atoms with Crippen molar-refractivity contribution in [3.05, 3.63) is 23.8 Å². The van der Waals surface area contributed by atoms with Gasteiger partial charge in [0.2, 0.25) is 5.91 Å². The number of phenolic OH excluding ortho intramolecular Hbond substituents is 1. The van der Waals surface area contributed by atoms with Crippen molar-refractivity contribution in [2.45, 2.75) is 20.8 Å². The second-order valence-electron chi connectivity index (χ2n) is 5.89. The fourth-order valence-corrected chi connectivity index (χ4v) is 2.70. The summed E-state index contributed by atoms with van der Waals surface area (Å²) in [5, 5.41) is 21.2. The van der Waals surface area contributed by atoms with Crippen LogP contribution in [-0.4, -0.2) is 27.9 Å². The highest BCUT2D eigenvalue weighted by Gasteiger charge is 2.65. The lowest BCUT2D eigenvalue weighted by Gasteiger charge is -2.08. The van der Waals surface area contributed by atoms with Crippen molar-refractivity contribution >= 4 is 23.3 Å². The molecule has 1 saturated carbocycles. The molecule has 1 aliphatic carbocycles. The summed E-state index contributed by atoms with van der Waals surface area (Å²) in [5.74, 6) is -3.18. The number of carbonyl (C=O) groups excluding carboxylic acids is 2. The average Bonchev–Trinajstić information content (AvgIpc) is 2.94.